The van der Waals surface area contributed by atoms with Crippen molar-refractivity contribution in [1.82, 2.24) is 40.2 Å². The molecule has 14 nitrogen and oxygen atoms in total. The Bertz CT molecular complexity index is 2560. The minimum absolute atomic E-state index is 0.0118. The van der Waals surface area contributed by atoms with Crippen LogP contribution >= 0.6 is 11.6 Å². The van der Waals surface area contributed by atoms with Gasteiger partial charge >= 0.3 is 11.9 Å². The first kappa shape index (κ1) is 44.1. The van der Waals surface area contributed by atoms with Crippen molar-refractivity contribution in [2.75, 3.05) is 0 Å². The summed E-state index contributed by atoms with van der Waals surface area (Å²) in [6.07, 6.45) is -0.0630. The molecule has 2 amide bonds. The topological polar surface area (TPSA) is 194 Å². The van der Waals surface area contributed by atoms with Crippen LogP contribution in [-0.4, -0.2) is 69.5 Å². The van der Waals surface area contributed by atoms with E-state index < -0.39 is 35.8 Å². The summed E-state index contributed by atoms with van der Waals surface area (Å²) in [6, 6.07) is 41.6. The molecule has 0 fully saturated rings. The average Bonchev–Trinajstić information content (AvgIpc) is 3.92. The molecule has 1 unspecified atom stereocenters. The molecule has 0 saturated carbocycles. The lowest BCUT2D eigenvalue weighted by atomic mass is 10.0. The van der Waals surface area contributed by atoms with Crippen LogP contribution in [0.2, 0.25) is 5.02 Å². The van der Waals surface area contributed by atoms with Crippen molar-refractivity contribution in [1.29, 1.82) is 0 Å². The molecule has 0 bridgehead atoms. The molecule has 0 aliphatic rings. The quantitative estimate of drug-likeness (QED) is 0.0784. The predicted molar refractivity (Wildman–Crippen MR) is 235 cm³/mol. The zero-order chi connectivity index (χ0) is 44.2. The number of nitrogens with zero attached hydrogens (tertiary/aromatic N) is 6. The number of benzene rings is 5. The lowest BCUT2D eigenvalue weighted by Gasteiger charge is -2.16. The number of para-hydroxylation sites is 2. The summed E-state index contributed by atoms with van der Waals surface area (Å²) in [5, 5.41) is 33.4. The second-order valence-corrected chi connectivity index (χ2v) is 15.1. The highest BCUT2D eigenvalue weighted by molar-refractivity contribution is 6.32. The zero-order valence-corrected chi connectivity index (χ0v) is 35.0. The Morgan fingerprint density at radius 1 is 0.645 bits per heavy atom. The van der Waals surface area contributed by atoms with E-state index in [-0.39, 0.29) is 30.4 Å². The Balaban J connectivity index is 0.000000207. The maximum Gasteiger partial charge on any atom is 0.305 e. The number of hydrogen-bond acceptors (Lipinski definition) is 8. The van der Waals surface area contributed by atoms with Gasteiger partial charge in [0.2, 0.25) is 11.6 Å². The summed E-state index contributed by atoms with van der Waals surface area (Å²) in [5.74, 6) is -2.02. The third-order valence-corrected chi connectivity index (χ3v) is 9.84. The van der Waals surface area contributed by atoms with E-state index in [0.717, 1.165) is 22.4 Å². The molecule has 0 saturated heterocycles. The highest BCUT2D eigenvalue weighted by Gasteiger charge is 2.26. The van der Waals surface area contributed by atoms with Crippen molar-refractivity contribution in [3.8, 4) is 22.8 Å². The van der Waals surface area contributed by atoms with Crippen LogP contribution in [0.3, 0.4) is 0 Å². The normalized spacial score (nSPS) is 11.8. The highest BCUT2D eigenvalue weighted by Crippen LogP contribution is 2.25. The Morgan fingerprint density at radius 2 is 1.19 bits per heavy atom. The van der Waals surface area contributed by atoms with Gasteiger partial charge in [0.1, 0.15) is 5.82 Å². The summed E-state index contributed by atoms with van der Waals surface area (Å²) < 4.78 is 3.17. The van der Waals surface area contributed by atoms with Gasteiger partial charge < -0.3 is 20.8 Å². The van der Waals surface area contributed by atoms with Crippen molar-refractivity contribution < 1.29 is 29.4 Å². The van der Waals surface area contributed by atoms with E-state index in [2.05, 4.69) is 30.8 Å². The SMILES string of the molecule is Cc1ccc([C@H](CC(=O)O)NC(=O)c2nc(C(C)C)n(-c3ccccc3Cl)n2)cc1.O=C(O)CC(Cc1ccccc1)NC(=O)c1nc(-c2ccccc2)n(-c2ccccc2)n1. The number of carbonyl (C=O) groups excluding carboxylic acids is 2. The van der Waals surface area contributed by atoms with Gasteiger partial charge in [0.25, 0.3) is 11.8 Å². The first-order chi connectivity index (χ1) is 29.9. The number of amides is 2. The van der Waals surface area contributed by atoms with Gasteiger partial charge in [0, 0.05) is 17.5 Å². The van der Waals surface area contributed by atoms with Gasteiger partial charge in [-0.3, -0.25) is 19.2 Å². The number of carboxylic acids is 2. The smallest absolute Gasteiger partial charge is 0.305 e. The molecule has 62 heavy (non-hydrogen) atoms. The second-order valence-electron chi connectivity index (χ2n) is 14.7. The molecule has 4 N–H and O–H groups in total. The highest BCUT2D eigenvalue weighted by atomic mass is 35.5. The first-order valence-electron chi connectivity index (χ1n) is 19.8. The third-order valence-electron chi connectivity index (χ3n) is 9.52. The van der Waals surface area contributed by atoms with Crippen molar-refractivity contribution >= 4 is 35.4 Å². The minimum Gasteiger partial charge on any atom is -0.481 e. The second kappa shape index (κ2) is 20.7. The van der Waals surface area contributed by atoms with E-state index in [1.807, 2.05) is 136 Å². The van der Waals surface area contributed by atoms with Crippen LogP contribution in [0.1, 0.15) is 82.4 Å². The lowest BCUT2D eigenvalue weighted by Crippen LogP contribution is -2.38. The summed E-state index contributed by atoms with van der Waals surface area (Å²) in [6.45, 7) is 5.82. The Kier molecular flexibility index (Phi) is 14.7. The maximum atomic E-state index is 13.0. The van der Waals surface area contributed by atoms with Gasteiger partial charge in [-0.05, 0) is 48.7 Å². The van der Waals surface area contributed by atoms with E-state index >= 15 is 0 Å². The number of carboxylic acid groups (broad SMARTS) is 2. The molecular weight excluding hydrogens is 808 g/mol. The molecule has 0 aliphatic carbocycles. The van der Waals surface area contributed by atoms with Gasteiger partial charge in [0.05, 0.1) is 35.3 Å². The van der Waals surface area contributed by atoms with Crippen LogP contribution in [0.5, 0.6) is 0 Å². The Labute approximate surface area is 363 Å². The number of aliphatic carboxylic acids is 2. The number of nitrogens with one attached hydrogen (secondary N) is 2. The van der Waals surface area contributed by atoms with Gasteiger partial charge in [-0.1, -0.05) is 146 Å². The van der Waals surface area contributed by atoms with Crippen LogP contribution in [0.4, 0.5) is 0 Å². The molecule has 316 valence electrons. The van der Waals surface area contributed by atoms with Gasteiger partial charge in [-0.25, -0.2) is 19.3 Å². The minimum atomic E-state index is -1.02. The molecule has 0 spiro atoms. The number of rotatable bonds is 15. The predicted octanol–water partition coefficient (Wildman–Crippen LogP) is 8.05. The number of halogens is 1. The number of hydrogen-bond donors (Lipinski definition) is 4. The number of aromatic nitrogens is 6. The van der Waals surface area contributed by atoms with E-state index in [4.69, 9.17) is 11.6 Å². The van der Waals surface area contributed by atoms with Crippen LogP contribution < -0.4 is 10.6 Å². The summed E-state index contributed by atoms with van der Waals surface area (Å²) >= 11 is 6.30. The fraction of sp³-hybridized carbons (Fsp3) is 0.191. The molecule has 0 radical (unpaired) electrons. The number of aryl methyl sites for hydroxylation is 1. The van der Waals surface area contributed by atoms with E-state index in [9.17, 15) is 29.4 Å². The Morgan fingerprint density at radius 3 is 1.81 bits per heavy atom. The number of carbonyl (C=O) groups is 4. The monoisotopic (exact) mass is 852 g/mol. The molecule has 15 heteroatoms. The standard InChI is InChI=1S/C25H22N4O3.C22H23ClN4O3/c30-22(31)17-20(16-18-10-4-1-5-11-18)26-25(32)23-27-24(19-12-6-2-7-13-19)29(28-23)21-14-8-3-9-15-21;1-13(2)21-25-20(26-27(21)18-7-5-4-6-16(18)23)22(30)24-17(12-19(28)29)15-10-8-14(3)9-11-15/h1-15,20H,16-17H2,(H,26,32)(H,30,31);4-11,13,17H,12H2,1-3H3,(H,24,30)(H,28,29)/t;17-/m.0/s1. The molecule has 2 atom stereocenters. The van der Waals surface area contributed by atoms with Crippen LogP contribution in [0.25, 0.3) is 22.8 Å². The summed E-state index contributed by atoms with van der Waals surface area (Å²) in [5.41, 5.74) is 4.88. The van der Waals surface area contributed by atoms with Crippen molar-refractivity contribution in [2.24, 2.45) is 0 Å². The van der Waals surface area contributed by atoms with Crippen molar-refractivity contribution in [3.05, 3.63) is 179 Å². The van der Waals surface area contributed by atoms with Crippen molar-refractivity contribution in [3.63, 3.8) is 0 Å². The fourth-order valence-corrected chi connectivity index (χ4v) is 6.72. The van der Waals surface area contributed by atoms with Crippen LogP contribution in [0.15, 0.2) is 140 Å². The molecule has 5 aromatic carbocycles. The van der Waals surface area contributed by atoms with Crippen LogP contribution in [0, 0.1) is 6.92 Å². The maximum absolute atomic E-state index is 13.0. The summed E-state index contributed by atoms with van der Waals surface area (Å²) in [4.78, 5) is 57.5. The van der Waals surface area contributed by atoms with Crippen LogP contribution in [-0.2, 0) is 16.0 Å². The Hall–Kier alpha value is -7.45. The molecule has 2 heterocycles. The molecule has 7 rings (SSSR count). The molecule has 7 aromatic rings. The van der Waals surface area contributed by atoms with E-state index in [0.29, 0.717) is 34.3 Å². The average molecular weight is 853 g/mol. The van der Waals surface area contributed by atoms with Crippen molar-refractivity contribution in [2.45, 2.75) is 58.0 Å². The molecule has 2 aromatic heterocycles. The zero-order valence-electron chi connectivity index (χ0n) is 34.2. The van der Waals surface area contributed by atoms with Gasteiger partial charge in [0.15, 0.2) is 5.82 Å². The van der Waals surface area contributed by atoms with E-state index in [1.54, 1.807) is 33.6 Å². The molecule has 0 aliphatic heterocycles. The third kappa shape index (κ3) is 11.6. The van der Waals surface area contributed by atoms with Gasteiger partial charge in [-0.15, -0.1) is 10.2 Å². The van der Waals surface area contributed by atoms with Gasteiger partial charge in [-0.2, -0.15) is 0 Å². The summed E-state index contributed by atoms with van der Waals surface area (Å²) in [7, 11) is 0. The molecular formula is C47H45ClN8O6. The largest absolute Gasteiger partial charge is 0.481 e. The lowest BCUT2D eigenvalue weighted by molar-refractivity contribution is -0.138. The first-order valence-corrected chi connectivity index (χ1v) is 20.2. The fourth-order valence-electron chi connectivity index (χ4n) is 6.51. The van der Waals surface area contributed by atoms with E-state index in [1.165, 1.54) is 0 Å².